The van der Waals surface area contributed by atoms with E-state index in [-0.39, 0.29) is 0 Å². The van der Waals surface area contributed by atoms with Crippen molar-refractivity contribution in [3.8, 4) is 0 Å². The van der Waals surface area contributed by atoms with Gasteiger partial charge in [-0.3, -0.25) is 0 Å². The molecule has 0 amide bonds. The maximum atomic E-state index is 2.52. The van der Waals surface area contributed by atoms with Crippen LogP contribution in [0.15, 0.2) is 0 Å². The Balaban J connectivity index is 1.97. The Morgan fingerprint density at radius 3 is 2.22 bits per heavy atom. The summed E-state index contributed by atoms with van der Waals surface area (Å²) >= 11 is 0. The fourth-order valence-corrected chi connectivity index (χ4v) is 2.40. The molecule has 0 aromatic heterocycles. The van der Waals surface area contributed by atoms with Gasteiger partial charge in [-0.1, -0.05) is 6.92 Å². The van der Waals surface area contributed by atoms with Gasteiger partial charge in [-0.05, 0) is 32.2 Å². The minimum absolute atomic E-state index is 0.708. The van der Waals surface area contributed by atoms with E-state index in [1.54, 1.807) is 0 Å². The number of hydrogen-bond donors (Lipinski definition) is 0. The lowest BCUT2D eigenvalue weighted by molar-refractivity contribution is -0.0822. The van der Waals surface area contributed by atoms with Crippen molar-refractivity contribution in [2.24, 2.45) is 5.92 Å². The number of nitrogens with zero attached hydrogens (tertiary/aromatic N) is 1. The van der Waals surface area contributed by atoms with Crippen LogP contribution in [0.3, 0.4) is 0 Å². The van der Waals surface area contributed by atoms with Gasteiger partial charge >= 0.3 is 0 Å². The summed E-state index contributed by atoms with van der Waals surface area (Å²) in [7, 11) is 2.26. The summed E-state index contributed by atoms with van der Waals surface area (Å²) in [5.41, 5.74) is 0.708. The largest absolute Gasteiger partial charge is 0.301 e. The normalized spacial score (nSPS) is 50.7. The smallest absolute Gasteiger partial charge is 0.0223 e. The van der Waals surface area contributed by atoms with Crippen molar-refractivity contribution in [1.82, 2.24) is 4.90 Å². The maximum Gasteiger partial charge on any atom is 0.0223 e. The number of hydrogen-bond acceptors (Lipinski definition) is 1. The van der Waals surface area contributed by atoms with E-state index >= 15 is 0 Å². The standard InChI is InChI=1S/C8H15N/c1-7-5-8(6-7)3-4-9(8)2/h7H,3-6H2,1-2H3. The fourth-order valence-electron chi connectivity index (χ4n) is 2.40. The van der Waals surface area contributed by atoms with Crippen LogP contribution < -0.4 is 0 Å². The predicted molar refractivity (Wildman–Crippen MR) is 38.4 cm³/mol. The Kier molecular flexibility index (Phi) is 0.963. The SMILES string of the molecule is CC1CC2(CCN2C)C1. The minimum atomic E-state index is 0.708. The van der Waals surface area contributed by atoms with Gasteiger partial charge in [0.2, 0.25) is 0 Å². The van der Waals surface area contributed by atoms with Crippen molar-refractivity contribution < 1.29 is 0 Å². The second kappa shape index (κ2) is 1.51. The van der Waals surface area contributed by atoms with Gasteiger partial charge in [-0.2, -0.15) is 0 Å². The molecule has 9 heavy (non-hydrogen) atoms. The van der Waals surface area contributed by atoms with Crippen LogP contribution in [0.25, 0.3) is 0 Å². The van der Waals surface area contributed by atoms with Crippen molar-refractivity contribution in [3.63, 3.8) is 0 Å². The van der Waals surface area contributed by atoms with Gasteiger partial charge in [0.15, 0.2) is 0 Å². The zero-order chi connectivity index (χ0) is 6.48. The van der Waals surface area contributed by atoms with Crippen LogP contribution in [0, 0.1) is 5.92 Å². The van der Waals surface area contributed by atoms with Crippen molar-refractivity contribution in [1.29, 1.82) is 0 Å². The zero-order valence-corrected chi connectivity index (χ0v) is 6.35. The molecule has 1 heteroatoms. The van der Waals surface area contributed by atoms with E-state index in [1.165, 1.54) is 25.8 Å². The Morgan fingerprint density at radius 1 is 1.44 bits per heavy atom. The Morgan fingerprint density at radius 2 is 2.11 bits per heavy atom. The molecule has 1 spiro atoms. The molecule has 1 nitrogen and oxygen atoms in total. The van der Waals surface area contributed by atoms with Gasteiger partial charge in [0.05, 0.1) is 0 Å². The summed E-state index contributed by atoms with van der Waals surface area (Å²) in [6, 6.07) is 0. The van der Waals surface area contributed by atoms with Crippen LogP contribution in [0.5, 0.6) is 0 Å². The molecule has 0 unspecified atom stereocenters. The van der Waals surface area contributed by atoms with Crippen LogP contribution in [0.4, 0.5) is 0 Å². The monoisotopic (exact) mass is 125 g/mol. The van der Waals surface area contributed by atoms with Crippen LogP contribution in [-0.4, -0.2) is 24.0 Å². The van der Waals surface area contributed by atoms with E-state index < -0.39 is 0 Å². The molecular formula is C8H15N. The van der Waals surface area contributed by atoms with E-state index in [0.717, 1.165) is 5.92 Å². The van der Waals surface area contributed by atoms with Gasteiger partial charge < -0.3 is 4.90 Å². The van der Waals surface area contributed by atoms with Gasteiger partial charge in [-0.25, -0.2) is 0 Å². The van der Waals surface area contributed by atoms with Crippen molar-refractivity contribution in [2.45, 2.75) is 31.7 Å². The highest BCUT2D eigenvalue weighted by Crippen LogP contribution is 2.49. The second-order valence-corrected chi connectivity index (χ2v) is 3.91. The first-order valence-electron chi connectivity index (χ1n) is 3.94. The molecule has 0 N–H and O–H groups in total. The highest BCUT2D eigenvalue weighted by Gasteiger charge is 2.50. The third-order valence-corrected chi connectivity index (χ3v) is 3.18. The van der Waals surface area contributed by atoms with Crippen LogP contribution in [0.2, 0.25) is 0 Å². The Labute approximate surface area is 57.0 Å². The first-order chi connectivity index (χ1) is 4.23. The molecule has 2 fully saturated rings. The molecule has 0 bridgehead atoms. The average molecular weight is 125 g/mol. The van der Waals surface area contributed by atoms with Gasteiger partial charge in [0.25, 0.3) is 0 Å². The molecule has 0 aromatic carbocycles. The molecule has 1 aliphatic heterocycles. The van der Waals surface area contributed by atoms with Crippen LogP contribution in [-0.2, 0) is 0 Å². The molecule has 1 saturated carbocycles. The van der Waals surface area contributed by atoms with E-state index in [4.69, 9.17) is 0 Å². The van der Waals surface area contributed by atoms with Crippen molar-refractivity contribution >= 4 is 0 Å². The minimum Gasteiger partial charge on any atom is -0.301 e. The van der Waals surface area contributed by atoms with E-state index in [1.807, 2.05) is 0 Å². The molecule has 52 valence electrons. The molecule has 1 saturated heterocycles. The molecule has 2 rings (SSSR count). The third-order valence-electron chi connectivity index (χ3n) is 3.18. The summed E-state index contributed by atoms with van der Waals surface area (Å²) in [5, 5.41) is 0. The van der Waals surface area contributed by atoms with Gasteiger partial charge in [0.1, 0.15) is 0 Å². The van der Waals surface area contributed by atoms with Crippen LogP contribution >= 0.6 is 0 Å². The Hall–Kier alpha value is -0.0400. The number of rotatable bonds is 0. The number of likely N-dealkylation sites (tertiary alicyclic amines) is 1. The molecular weight excluding hydrogens is 110 g/mol. The van der Waals surface area contributed by atoms with Crippen LogP contribution in [0.1, 0.15) is 26.2 Å². The van der Waals surface area contributed by atoms with E-state index in [2.05, 4.69) is 18.9 Å². The van der Waals surface area contributed by atoms with Crippen molar-refractivity contribution in [3.05, 3.63) is 0 Å². The quantitative estimate of drug-likeness (QED) is 0.474. The predicted octanol–water partition coefficient (Wildman–Crippen LogP) is 1.49. The first-order valence-corrected chi connectivity index (χ1v) is 3.94. The molecule has 1 aliphatic carbocycles. The van der Waals surface area contributed by atoms with E-state index in [0.29, 0.717) is 5.54 Å². The van der Waals surface area contributed by atoms with E-state index in [9.17, 15) is 0 Å². The molecule has 0 radical (unpaired) electrons. The summed E-state index contributed by atoms with van der Waals surface area (Å²) in [6.07, 6.45) is 4.39. The molecule has 0 aromatic rings. The summed E-state index contributed by atoms with van der Waals surface area (Å²) < 4.78 is 0. The average Bonchev–Trinajstić information content (AvgIpc) is 1.77. The van der Waals surface area contributed by atoms with Gasteiger partial charge in [-0.15, -0.1) is 0 Å². The maximum absolute atomic E-state index is 2.52. The topological polar surface area (TPSA) is 3.24 Å². The highest BCUT2D eigenvalue weighted by molar-refractivity contribution is 5.06. The first kappa shape index (κ1) is 5.72. The highest BCUT2D eigenvalue weighted by atomic mass is 15.2. The molecule has 0 atom stereocenters. The third kappa shape index (κ3) is 0.586. The summed E-state index contributed by atoms with van der Waals surface area (Å²) in [4.78, 5) is 2.52. The lowest BCUT2D eigenvalue weighted by atomic mass is 9.62. The molecule has 1 heterocycles. The Bertz CT molecular complexity index is 125. The molecule has 2 aliphatic rings. The lowest BCUT2D eigenvalue weighted by Crippen LogP contribution is -2.64. The fraction of sp³-hybridized carbons (Fsp3) is 1.00. The lowest BCUT2D eigenvalue weighted by Gasteiger charge is -2.60. The zero-order valence-electron chi connectivity index (χ0n) is 6.35. The second-order valence-electron chi connectivity index (χ2n) is 3.91. The van der Waals surface area contributed by atoms with Crippen molar-refractivity contribution in [2.75, 3.05) is 13.6 Å². The van der Waals surface area contributed by atoms with Gasteiger partial charge in [0, 0.05) is 12.1 Å². The summed E-state index contributed by atoms with van der Waals surface area (Å²) in [6.45, 7) is 3.70. The summed E-state index contributed by atoms with van der Waals surface area (Å²) in [5.74, 6) is 1.01.